The molecule has 4 rings (SSSR count). The van der Waals surface area contributed by atoms with Crippen molar-refractivity contribution in [3.63, 3.8) is 0 Å². The van der Waals surface area contributed by atoms with Crippen LogP contribution in [0.5, 0.6) is 0 Å². The number of nitrogens with zero attached hydrogens (tertiary/aromatic N) is 6. The van der Waals surface area contributed by atoms with E-state index in [4.69, 9.17) is 5.26 Å². The summed E-state index contributed by atoms with van der Waals surface area (Å²) in [7, 11) is 0. The first kappa shape index (κ1) is 21.5. The molecule has 0 atom stereocenters. The third-order valence-electron chi connectivity index (χ3n) is 4.86. The summed E-state index contributed by atoms with van der Waals surface area (Å²) in [6, 6.07) is 16.2. The van der Waals surface area contributed by atoms with Gasteiger partial charge in [0.2, 0.25) is 5.95 Å². The summed E-state index contributed by atoms with van der Waals surface area (Å²) in [6.07, 6.45) is 5.28. The molecule has 162 valence electrons. The second-order valence-corrected chi connectivity index (χ2v) is 7.25. The Morgan fingerprint density at radius 3 is 2.70 bits per heavy atom. The van der Waals surface area contributed by atoms with Gasteiger partial charge < -0.3 is 15.5 Å². The van der Waals surface area contributed by atoms with Gasteiger partial charge >= 0.3 is 0 Å². The molecule has 2 aromatic carbocycles. The molecule has 1 aromatic heterocycles. The summed E-state index contributed by atoms with van der Waals surface area (Å²) in [6.45, 7) is 2.25. The monoisotopic (exact) mass is 438 g/mol. The maximum absolute atomic E-state index is 14.7. The van der Waals surface area contributed by atoms with Crippen molar-refractivity contribution in [1.82, 2.24) is 9.97 Å². The molecular formula is C24H19FN8. The number of hydrogen-bond acceptors (Lipinski definition) is 8. The van der Waals surface area contributed by atoms with Crippen molar-refractivity contribution in [2.75, 3.05) is 22.2 Å². The molecule has 33 heavy (non-hydrogen) atoms. The quantitative estimate of drug-likeness (QED) is 0.569. The summed E-state index contributed by atoms with van der Waals surface area (Å²) < 4.78 is 14.7. The lowest BCUT2D eigenvalue weighted by molar-refractivity contribution is 0.625. The number of benzene rings is 2. The lowest BCUT2D eigenvalue weighted by atomic mass is 10.1. The lowest BCUT2D eigenvalue weighted by Crippen LogP contribution is -2.21. The fourth-order valence-corrected chi connectivity index (χ4v) is 3.19. The molecule has 0 radical (unpaired) electrons. The maximum Gasteiger partial charge on any atom is 0.229 e. The summed E-state index contributed by atoms with van der Waals surface area (Å²) in [5.74, 6) is 0.0866. The van der Waals surface area contributed by atoms with E-state index < -0.39 is 5.82 Å². The summed E-state index contributed by atoms with van der Waals surface area (Å²) in [5.41, 5.74) is 3.54. The molecule has 2 heterocycles. The van der Waals surface area contributed by atoms with Gasteiger partial charge in [-0.1, -0.05) is 12.1 Å². The Labute approximate surface area is 190 Å². The highest BCUT2D eigenvalue weighted by molar-refractivity contribution is 5.94. The van der Waals surface area contributed by atoms with Gasteiger partial charge in [-0.2, -0.15) is 15.5 Å². The molecule has 0 bridgehead atoms. The topological polar surface area (TPSA) is 113 Å². The minimum atomic E-state index is -0.416. The fraction of sp³-hybridized carbons (Fsp3) is 0.125. The number of hydrogen-bond donors (Lipinski definition) is 2. The van der Waals surface area contributed by atoms with Crippen LogP contribution in [-0.4, -0.2) is 22.3 Å². The molecule has 0 unspecified atom stereocenters. The van der Waals surface area contributed by atoms with Gasteiger partial charge in [-0.3, -0.25) is 4.99 Å². The van der Waals surface area contributed by atoms with Crippen LogP contribution in [0.2, 0.25) is 0 Å². The van der Waals surface area contributed by atoms with Gasteiger partial charge in [0.25, 0.3) is 0 Å². The van der Waals surface area contributed by atoms with E-state index in [-0.39, 0.29) is 17.9 Å². The highest BCUT2D eigenvalue weighted by atomic mass is 19.1. The van der Waals surface area contributed by atoms with Crippen LogP contribution in [0.1, 0.15) is 18.1 Å². The van der Waals surface area contributed by atoms with Gasteiger partial charge in [-0.25, -0.2) is 9.37 Å². The van der Waals surface area contributed by atoms with Gasteiger partial charge in [-0.15, -0.1) is 0 Å². The molecule has 0 aliphatic carbocycles. The smallest absolute Gasteiger partial charge is 0.229 e. The second kappa shape index (κ2) is 9.58. The number of allylic oxidation sites excluding steroid dienone is 1. The van der Waals surface area contributed by atoms with Crippen LogP contribution in [0, 0.1) is 28.5 Å². The first-order chi connectivity index (χ1) is 16.1. The number of aliphatic imine (C=N–C) groups is 1. The molecule has 1 aliphatic rings. The molecule has 0 fully saturated rings. The van der Waals surface area contributed by atoms with Gasteiger partial charge in [0, 0.05) is 23.3 Å². The number of anilines is 5. The Bertz CT molecular complexity index is 1330. The van der Waals surface area contributed by atoms with E-state index in [1.165, 1.54) is 12.3 Å². The molecule has 9 heteroatoms. The van der Waals surface area contributed by atoms with Crippen molar-refractivity contribution in [2.24, 2.45) is 4.99 Å². The number of nitrogens with one attached hydrogen (secondary N) is 2. The van der Waals surface area contributed by atoms with Crippen molar-refractivity contribution in [3.8, 4) is 12.1 Å². The zero-order valence-electron chi connectivity index (χ0n) is 17.7. The largest absolute Gasteiger partial charge is 0.339 e. The Hall–Kier alpha value is -4.76. The van der Waals surface area contributed by atoms with E-state index in [9.17, 15) is 9.65 Å². The van der Waals surface area contributed by atoms with E-state index in [1.54, 1.807) is 23.2 Å². The number of nitriles is 2. The summed E-state index contributed by atoms with van der Waals surface area (Å²) in [4.78, 5) is 14.5. The third kappa shape index (κ3) is 5.12. The predicted molar refractivity (Wildman–Crippen MR) is 125 cm³/mol. The molecule has 3 aromatic rings. The molecule has 0 saturated carbocycles. The molecule has 0 saturated heterocycles. The predicted octanol–water partition coefficient (Wildman–Crippen LogP) is 4.79. The zero-order chi connectivity index (χ0) is 23.2. The minimum absolute atomic E-state index is 0.204. The van der Waals surface area contributed by atoms with E-state index >= 15 is 0 Å². The van der Waals surface area contributed by atoms with Crippen LogP contribution in [0.15, 0.2) is 65.9 Å². The van der Waals surface area contributed by atoms with E-state index in [0.29, 0.717) is 29.5 Å². The van der Waals surface area contributed by atoms with Crippen LogP contribution in [0.4, 0.5) is 33.2 Å². The van der Waals surface area contributed by atoms with Crippen molar-refractivity contribution in [2.45, 2.75) is 13.3 Å². The van der Waals surface area contributed by atoms with Crippen molar-refractivity contribution in [1.29, 1.82) is 10.5 Å². The van der Waals surface area contributed by atoms with Gasteiger partial charge in [0.15, 0.2) is 5.82 Å². The van der Waals surface area contributed by atoms with Crippen molar-refractivity contribution >= 4 is 34.5 Å². The normalized spacial score (nSPS) is 12.5. The molecule has 1 aliphatic heterocycles. The number of halogens is 1. The molecular weight excluding hydrogens is 419 g/mol. The first-order valence-electron chi connectivity index (χ1n) is 10.1. The van der Waals surface area contributed by atoms with Crippen LogP contribution in [0.3, 0.4) is 0 Å². The van der Waals surface area contributed by atoms with Crippen LogP contribution in [0.25, 0.3) is 0 Å². The van der Waals surface area contributed by atoms with Gasteiger partial charge in [-0.05, 0) is 48.9 Å². The maximum atomic E-state index is 14.7. The zero-order valence-corrected chi connectivity index (χ0v) is 17.7. The van der Waals surface area contributed by atoms with Crippen LogP contribution in [-0.2, 0) is 6.42 Å². The summed E-state index contributed by atoms with van der Waals surface area (Å²) >= 11 is 0. The molecule has 0 spiro atoms. The van der Waals surface area contributed by atoms with E-state index in [2.05, 4.69) is 37.7 Å². The van der Waals surface area contributed by atoms with Crippen molar-refractivity contribution < 1.29 is 4.39 Å². The highest BCUT2D eigenvalue weighted by Crippen LogP contribution is 2.26. The second-order valence-electron chi connectivity index (χ2n) is 7.25. The third-order valence-corrected chi connectivity index (χ3v) is 4.86. The highest BCUT2D eigenvalue weighted by Gasteiger charge is 2.13. The Morgan fingerprint density at radius 2 is 1.97 bits per heavy atom. The first-order valence-corrected chi connectivity index (χ1v) is 10.1. The van der Waals surface area contributed by atoms with Crippen LogP contribution < -0.4 is 15.5 Å². The minimum Gasteiger partial charge on any atom is -0.339 e. The van der Waals surface area contributed by atoms with Crippen LogP contribution >= 0.6 is 0 Å². The fourth-order valence-electron chi connectivity index (χ4n) is 3.19. The summed E-state index contributed by atoms with van der Waals surface area (Å²) in [5, 5.41) is 24.4. The van der Waals surface area contributed by atoms with Gasteiger partial charge in [0.05, 0.1) is 24.4 Å². The molecule has 0 amide bonds. The standard InChI is InChI=1S/C24H19FN8/c1-16-8-10-33(15-29-16)22-6-5-20(12-21(22)25)31-24-28-14-18(13-27)23(32-24)30-19-4-2-3-17(11-19)7-9-26/h2-6,8,10-12,14H,7,15H2,1H3,(H2,28,30,31,32). The van der Waals surface area contributed by atoms with E-state index in [0.717, 1.165) is 11.3 Å². The average Bonchev–Trinajstić information content (AvgIpc) is 2.81. The lowest BCUT2D eigenvalue weighted by Gasteiger charge is -2.22. The average molecular weight is 438 g/mol. The Kier molecular flexibility index (Phi) is 6.24. The van der Waals surface area contributed by atoms with Crippen molar-refractivity contribution in [3.05, 3.63) is 77.9 Å². The molecule has 2 N–H and O–H groups in total. The Morgan fingerprint density at radius 1 is 1.12 bits per heavy atom. The SMILES string of the molecule is CC1=NCN(c2ccc(Nc3ncc(C#N)c(Nc4cccc(CC#N)c4)n3)cc2F)C=C1. The molecule has 8 nitrogen and oxygen atoms in total. The van der Waals surface area contributed by atoms with E-state index in [1.807, 2.05) is 37.3 Å². The van der Waals surface area contributed by atoms with Gasteiger partial charge in [0.1, 0.15) is 24.1 Å². The number of aromatic nitrogens is 2. The number of rotatable bonds is 6. The Balaban J connectivity index is 1.54.